The molecule has 0 bridgehead atoms. The normalized spacial score (nSPS) is 12.2. The van der Waals surface area contributed by atoms with Crippen LogP contribution in [0.3, 0.4) is 0 Å². The van der Waals surface area contributed by atoms with Gasteiger partial charge < -0.3 is 4.42 Å². The van der Waals surface area contributed by atoms with Crippen molar-refractivity contribution in [1.82, 2.24) is 9.97 Å². The number of thiophene rings is 1. The number of aromatic nitrogens is 2. The Morgan fingerprint density at radius 2 is 1.24 bits per heavy atom. The predicted octanol–water partition coefficient (Wildman–Crippen LogP) is 9.82. The van der Waals surface area contributed by atoms with Crippen molar-refractivity contribution in [2.45, 2.75) is 0 Å². The summed E-state index contributed by atoms with van der Waals surface area (Å²) in [7, 11) is 0. The lowest BCUT2D eigenvalue weighted by molar-refractivity contribution is 0.669. The fourth-order valence-electron chi connectivity index (χ4n) is 6.04. The Labute approximate surface area is 220 Å². The second kappa shape index (κ2) is 7.37. The highest BCUT2D eigenvalue weighted by molar-refractivity contribution is 7.26. The van der Waals surface area contributed by atoms with Crippen LogP contribution in [0.5, 0.6) is 0 Å². The van der Waals surface area contributed by atoms with Gasteiger partial charge in [0.15, 0.2) is 5.82 Å². The van der Waals surface area contributed by atoms with E-state index in [1.54, 1.807) is 11.3 Å². The van der Waals surface area contributed by atoms with E-state index in [0.29, 0.717) is 0 Å². The Balaban J connectivity index is 1.48. The van der Waals surface area contributed by atoms with Gasteiger partial charge in [0.05, 0.1) is 15.9 Å². The first-order valence-corrected chi connectivity index (χ1v) is 13.5. The van der Waals surface area contributed by atoms with Gasteiger partial charge in [-0.1, -0.05) is 84.9 Å². The number of benzene rings is 6. The van der Waals surface area contributed by atoms with E-state index in [0.717, 1.165) is 54.8 Å². The topological polar surface area (TPSA) is 38.9 Å². The summed E-state index contributed by atoms with van der Waals surface area (Å²) in [5, 5.41) is 8.25. The van der Waals surface area contributed by atoms with Crippen molar-refractivity contribution in [2.75, 3.05) is 0 Å². The minimum Gasteiger partial charge on any atom is -0.456 e. The van der Waals surface area contributed by atoms with Gasteiger partial charge in [0.1, 0.15) is 11.2 Å². The van der Waals surface area contributed by atoms with Crippen molar-refractivity contribution < 1.29 is 4.42 Å². The minimum atomic E-state index is 0.736. The molecule has 0 aliphatic rings. The van der Waals surface area contributed by atoms with Crippen molar-refractivity contribution >= 4 is 75.1 Å². The van der Waals surface area contributed by atoms with E-state index >= 15 is 0 Å². The van der Waals surface area contributed by atoms with Crippen LogP contribution in [0.15, 0.2) is 114 Å². The number of nitrogens with zero attached hydrogens (tertiary/aromatic N) is 2. The molecule has 0 unspecified atom stereocenters. The van der Waals surface area contributed by atoms with E-state index < -0.39 is 0 Å². The van der Waals surface area contributed by atoms with Crippen LogP contribution >= 0.6 is 11.3 Å². The number of rotatable bonds is 2. The maximum Gasteiger partial charge on any atom is 0.161 e. The summed E-state index contributed by atoms with van der Waals surface area (Å²) >= 11 is 1.76. The van der Waals surface area contributed by atoms with Gasteiger partial charge in [-0.2, -0.15) is 0 Å². The summed E-state index contributed by atoms with van der Waals surface area (Å²) in [6.07, 6.45) is 0. The van der Waals surface area contributed by atoms with Crippen LogP contribution in [0, 0.1) is 0 Å². The first-order chi connectivity index (χ1) is 18.8. The van der Waals surface area contributed by atoms with Gasteiger partial charge in [0.2, 0.25) is 0 Å². The molecule has 0 atom stereocenters. The van der Waals surface area contributed by atoms with Crippen LogP contribution in [-0.2, 0) is 0 Å². The molecule has 0 amide bonds. The monoisotopic (exact) mass is 502 g/mol. The van der Waals surface area contributed by atoms with E-state index in [4.69, 9.17) is 14.4 Å². The second-order valence-corrected chi connectivity index (χ2v) is 10.8. The second-order valence-electron chi connectivity index (χ2n) is 9.73. The third kappa shape index (κ3) is 2.62. The Kier molecular flexibility index (Phi) is 3.93. The van der Waals surface area contributed by atoms with Crippen LogP contribution in [0.4, 0.5) is 0 Å². The molecule has 4 heteroatoms. The minimum absolute atomic E-state index is 0.736. The molecule has 3 aromatic heterocycles. The van der Waals surface area contributed by atoms with E-state index in [1.165, 1.54) is 31.6 Å². The maximum absolute atomic E-state index is 6.35. The molecule has 0 spiro atoms. The van der Waals surface area contributed by atoms with E-state index in [-0.39, 0.29) is 0 Å². The van der Waals surface area contributed by atoms with Gasteiger partial charge >= 0.3 is 0 Å². The molecule has 0 aliphatic heterocycles. The molecule has 3 heterocycles. The average Bonchev–Trinajstić information content (AvgIpc) is 3.55. The largest absolute Gasteiger partial charge is 0.456 e. The molecule has 0 fully saturated rings. The molecule has 176 valence electrons. The smallest absolute Gasteiger partial charge is 0.161 e. The third-order valence-electron chi connectivity index (χ3n) is 7.66. The Morgan fingerprint density at radius 1 is 0.526 bits per heavy atom. The molecule has 0 N–H and O–H groups in total. The predicted molar refractivity (Wildman–Crippen MR) is 159 cm³/mol. The summed E-state index contributed by atoms with van der Waals surface area (Å²) in [5.41, 5.74) is 5.90. The molecule has 9 aromatic rings. The van der Waals surface area contributed by atoms with Crippen molar-refractivity contribution in [3.63, 3.8) is 0 Å². The first kappa shape index (κ1) is 20.3. The number of hydrogen-bond donors (Lipinski definition) is 0. The zero-order chi connectivity index (χ0) is 24.8. The van der Waals surface area contributed by atoms with Gasteiger partial charge in [-0.3, -0.25) is 0 Å². The standard InChI is InChI=1S/C34H18N2OS/c1-2-9-19(10-3-1)31-33-32(23-13-6-7-16-27(23)38-33)36-34(35-31)24-17-18-26-30-28(24)21-12-5-4-11-20(21)22-14-8-15-25(37-26)29(22)30/h1-18H. The summed E-state index contributed by atoms with van der Waals surface area (Å²) in [6.45, 7) is 0. The zero-order valence-corrected chi connectivity index (χ0v) is 20.9. The van der Waals surface area contributed by atoms with Crippen molar-refractivity contribution in [1.29, 1.82) is 0 Å². The Bertz CT molecular complexity index is 2350. The number of furan rings is 1. The van der Waals surface area contributed by atoms with Crippen LogP contribution < -0.4 is 0 Å². The van der Waals surface area contributed by atoms with Gasteiger partial charge in [0, 0.05) is 37.4 Å². The molecule has 6 aromatic carbocycles. The molecule has 0 saturated heterocycles. The summed E-state index contributed by atoms with van der Waals surface area (Å²) in [6, 6.07) is 38.1. The van der Waals surface area contributed by atoms with Crippen molar-refractivity contribution in [2.24, 2.45) is 0 Å². The first-order valence-electron chi connectivity index (χ1n) is 12.7. The van der Waals surface area contributed by atoms with Crippen LogP contribution in [-0.4, -0.2) is 9.97 Å². The maximum atomic E-state index is 6.35. The van der Waals surface area contributed by atoms with Gasteiger partial charge in [0.25, 0.3) is 0 Å². The molecule has 0 radical (unpaired) electrons. The van der Waals surface area contributed by atoms with E-state index in [2.05, 4.69) is 103 Å². The van der Waals surface area contributed by atoms with Crippen LogP contribution in [0.2, 0.25) is 0 Å². The molecular weight excluding hydrogens is 484 g/mol. The Hall–Kier alpha value is -4.80. The highest BCUT2D eigenvalue weighted by Gasteiger charge is 2.22. The lowest BCUT2D eigenvalue weighted by Gasteiger charge is -2.13. The summed E-state index contributed by atoms with van der Waals surface area (Å²) in [5.74, 6) is 0.736. The van der Waals surface area contributed by atoms with Crippen LogP contribution in [0.25, 0.3) is 86.4 Å². The SMILES string of the molecule is c1ccc(-c2nc(-c3ccc4oc5cccc6c7ccccc7c3c4c56)nc3c2sc2ccccc23)cc1. The lowest BCUT2D eigenvalue weighted by Crippen LogP contribution is -1.95. The molecule has 9 rings (SSSR count). The average molecular weight is 503 g/mol. The molecule has 0 saturated carbocycles. The lowest BCUT2D eigenvalue weighted by atomic mass is 9.91. The quantitative estimate of drug-likeness (QED) is 0.221. The fourth-order valence-corrected chi connectivity index (χ4v) is 7.19. The fraction of sp³-hybridized carbons (Fsp3) is 0. The van der Waals surface area contributed by atoms with E-state index in [1.807, 2.05) is 6.07 Å². The van der Waals surface area contributed by atoms with Crippen LogP contribution in [0.1, 0.15) is 0 Å². The molecule has 0 aliphatic carbocycles. The molecule has 3 nitrogen and oxygen atoms in total. The van der Waals surface area contributed by atoms with Crippen molar-refractivity contribution in [3.05, 3.63) is 109 Å². The summed E-state index contributed by atoms with van der Waals surface area (Å²) < 4.78 is 8.68. The molecular formula is C34H18N2OS. The molecule has 38 heavy (non-hydrogen) atoms. The highest BCUT2D eigenvalue weighted by atomic mass is 32.1. The van der Waals surface area contributed by atoms with E-state index in [9.17, 15) is 0 Å². The van der Waals surface area contributed by atoms with Gasteiger partial charge in [-0.15, -0.1) is 11.3 Å². The Morgan fingerprint density at radius 3 is 2.13 bits per heavy atom. The van der Waals surface area contributed by atoms with Gasteiger partial charge in [-0.25, -0.2) is 9.97 Å². The zero-order valence-electron chi connectivity index (χ0n) is 20.1. The summed E-state index contributed by atoms with van der Waals surface area (Å²) in [4.78, 5) is 10.5. The number of fused-ring (bicyclic) bond motifs is 6. The number of hydrogen-bond acceptors (Lipinski definition) is 4. The third-order valence-corrected chi connectivity index (χ3v) is 8.82. The van der Waals surface area contributed by atoms with Crippen molar-refractivity contribution in [3.8, 4) is 22.6 Å². The highest BCUT2D eigenvalue weighted by Crippen LogP contribution is 2.46. The van der Waals surface area contributed by atoms with Gasteiger partial charge in [-0.05, 0) is 40.4 Å².